The fourth-order valence-electron chi connectivity index (χ4n) is 2.48. The van der Waals surface area contributed by atoms with Crippen LogP contribution in [0.2, 0.25) is 0 Å². The Labute approximate surface area is 142 Å². The zero-order chi connectivity index (χ0) is 17.8. The normalized spacial score (nSPS) is 12.2. The van der Waals surface area contributed by atoms with Gasteiger partial charge in [-0.2, -0.15) is 0 Å². The molecule has 130 valence electrons. The summed E-state index contributed by atoms with van der Waals surface area (Å²) >= 11 is 0. The van der Waals surface area contributed by atoms with Gasteiger partial charge in [-0.1, -0.05) is 24.3 Å². The smallest absolute Gasteiger partial charge is 0.350 e. The molecule has 2 N–H and O–H groups in total. The summed E-state index contributed by atoms with van der Waals surface area (Å²) in [4.78, 5) is 24.0. The third-order valence-corrected chi connectivity index (χ3v) is 3.80. The van der Waals surface area contributed by atoms with E-state index in [-0.39, 0.29) is 36.7 Å². The molecule has 0 saturated carbocycles. The van der Waals surface area contributed by atoms with Crippen LogP contribution < -0.4 is 11.0 Å². The van der Waals surface area contributed by atoms with Crippen molar-refractivity contribution in [1.82, 2.24) is 19.5 Å². The van der Waals surface area contributed by atoms with Crippen molar-refractivity contribution in [3.05, 3.63) is 70.5 Å². The lowest BCUT2D eigenvalue weighted by Gasteiger charge is -2.12. The lowest BCUT2D eigenvalue weighted by atomic mass is 10.1. The molecule has 7 nitrogen and oxygen atoms in total. The Kier molecular flexibility index (Phi) is 4.90. The topological polar surface area (TPSA) is 88.6 Å². The molecule has 1 aromatic carbocycles. The third-order valence-electron chi connectivity index (χ3n) is 3.80. The van der Waals surface area contributed by atoms with Crippen LogP contribution in [0.25, 0.3) is 5.65 Å². The highest BCUT2D eigenvalue weighted by Crippen LogP contribution is 2.15. The minimum atomic E-state index is -1.14. The van der Waals surface area contributed by atoms with Gasteiger partial charge in [0, 0.05) is 24.7 Å². The molecule has 1 amide bonds. The van der Waals surface area contributed by atoms with Gasteiger partial charge < -0.3 is 10.4 Å². The van der Waals surface area contributed by atoms with Crippen LogP contribution in [0.4, 0.5) is 4.39 Å². The molecule has 2 aromatic heterocycles. The molecule has 25 heavy (non-hydrogen) atoms. The average molecular weight is 344 g/mol. The molecular formula is C17H17FN4O3. The number of halogens is 1. The van der Waals surface area contributed by atoms with Gasteiger partial charge in [0.15, 0.2) is 5.65 Å². The number of carbonyl (C=O) groups excluding carboxylic acids is 1. The SMILES string of the molecule is O=C(CCn1nc2ccccn2c1=O)NCC(O)c1ccccc1F. The maximum absolute atomic E-state index is 13.6. The number of rotatable bonds is 6. The summed E-state index contributed by atoms with van der Waals surface area (Å²) in [7, 11) is 0. The van der Waals surface area contributed by atoms with Crippen molar-refractivity contribution >= 4 is 11.6 Å². The zero-order valence-corrected chi connectivity index (χ0v) is 13.3. The molecule has 0 spiro atoms. The number of aliphatic hydroxyl groups excluding tert-OH is 1. The maximum atomic E-state index is 13.6. The Hall–Kier alpha value is -3.00. The van der Waals surface area contributed by atoms with Crippen molar-refractivity contribution in [2.45, 2.75) is 19.1 Å². The van der Waals surface area contributed by atoms with E-state index in [0.29, 0.717) is 5.65 Å². The van der Waals surface area contributed by atoms with Crippen LogP contribution >= 0.6 is 0 Å². The van der Waals surface area contributed by atoms with Crippen molar-refractivity contribution in [2.24, 2.45) is 0 Å². The van der Waals surface area contributed by atoms with Gasteiger partial charge in [0.05, 0.1) is 12.6 Å². The number of aromatic nitrogens is 3. The summed E-state index contributed by atoms with van der Waals surface area (Å²) < 4.78 is 16.2. The van der Waals surface area contributed by atoms with Crippen LogP contribution in [0.15, 0.2) is 53.5 Å². The molecule has 2 heterocycles. The molecule has 0 aliphatic heterocycles. The number of amides is 1. The second-order valence-corrected chi connectivity index (χ2v) is 5.53. The van der Waals surface area contributed by atoms with Gasteiger partial charge >= 0.3 is 5.69 Å². The second-order valence-electron chi connectivity index (χ2n) is 5.53. The van der Waals surface area contributed by atoms with E-state index >= 15 is 0 Å². The van der Waals surface area contributed by atoms with Crippen LogP contribution in [0.1, 0.15) is 18.1 Å². The minimum absolute atomic E-state index is 0.0216. The highest BCUT2D eigenvalue weighted by Gasteiger charge is 2.14. The number of hydrogen-bond donors (Lipinski definition) is 2. The summed E-state index contributed by atoms with van der Waals surface area (Å²) in [5.41, 5.74) is 0.303. The lowest BCUT2D eigenvalue weighted by molar-refractivity contribution is -0.121. The Morgan fingerprint density at radius 3 is 2.76 bits per heavy atom. The van der Waals surface area contributed by atoms with Gasteiger partial charge in [0.2, 0.25) is 5.91 Å². The highest BCUT2D eigenvalue weighted by atomic mass is 19.1. The van der Waals surface area contributed by atoms with Gasteiger partial charge in [0.1, 0.15) is 5.82 Å². The largest absolute Gasteiger partial charge is 0.386 e. The molecule has 0 fully saturated rings. The van der Waals surface area contributed by atoms with Crippen molar-refractivity contribution in [3.8, 4) is 0 Å². The number of benzene rings is 1. The van der Waals surface area contributed by atoms with Crippen LogP contribution in [0.3, 0.4) is 0 Å². The van der Waals surface area contributed by atoms with E-state index in [1.54, 1.807) is 30.5 Å². The number of aliphatic hydroxyl groups is 1. The van der Waals surface area contributed by atoms with E-state index in [1.807, 2.05) is 0 Å². The number of carbonyl (C=O) groups is 1. The van der Waals surface area contributed by atoms with E-state index in [0.717, 1.165) is 0 Å². The van der Waals surface area contributed by atoms with Crippen LogP contribution in [-0.2, 0) is 11.3 Å². The molecule has 1 atom stereocenters. The minimum Gasteiger partial charge on any atom is -0.386 e. The van der Waals surface area contributed by atoms with Crippen molar-refractivity contribution < 1.29 is 14.3 Å². The highest BCUT2D eigenvalue weighted by molar-refractivity contribution is 5.75. The van der Waals surface area contributed by atoms with E-state index < -0.39 is 11.9 Å². The van der Waals surface area contributed by atoms with Crippen molar-refractivity contribution in [1.29, 1.82) is 0 Å². The first-order chi connectivity index (χ1) is 12.1. The predicted octanol–water partition coefficient (Wildman–Crippen LogP) is 0.875. The number of aryl methyl sites for hydroxylation is 1. The molecule has 3 aromatic rings. The number of nitrogens with zero attached hydrogens (tertiary/aromatic N) is 3. The third kappa shape index (κ3) is 3.74. The zero-order valence-electron chi connectivity index (χ0n) is 13.3. The molecule has 8 heteroatoms. The lowest BCUT2D eigenvalue weighted by Crippen LogP contribution is -2.31. The summed E-state index contributed by atoms with van der Waals surface area (Å²) in [6.45, 7) is 0.00196. The first-order valence-corrected chi connectivity index (χ1v) is 7.79. The Balaban J connectivity index is 1.55. The van der Waals surface area contributed by atoms with Crippen molar-refractivity contribution in [2.75, 3.05) is 6.54 Å². The fourth-order valence-corrected chi connectivity index (χ4v) is 2.48. The predicted molar refractivity (Wildman–Crippen MR) is 88.4 cm³/mol. The van der Waals surface area contributed by atoms with Crippen molar-refractivity contribution in [3.63, 3.8) is 0 Å². The summed E-state index contributed by atoms with van der Waals surface area (Å²) in [6, 6.07) is 11.0. The molecule has 0 aliphatic rings. The second kappa shape index (κ2) is 7.27. The quantitative estimate of drug-likeness (QED) is 0.695. The number of pyridine rings is 1. The Morgan fingerprint density at radius 2 is 2.00 bits per heavy atom. The monoisotopic (exact) mass is 344 g/mol. The first-order valence-electron chi connectivity index (χ1n) is 7.79. The summed E-state index contributed by atoms with van der Waals surface area (Å²) in [5.74, 6) is -0.889. The molecule has 0 aliphatic carbocycles. The molecule has 3 rings (SSSR count). The summed E-state index contributed by atoms with van der Waals surface area (Å²) in [5, 5.41) is 16.6. The van der Waals surface area contributed by atoms with Gasteiger partial charge in [-0.3, -0.25) is 9.20 Å². The van der Waals surface area contributed by atoms with E-state index in [9.17, 15) is 19.1 Å². The van der Waals surface area contributed by atoms with E-state index in [4.69, 9.17) is 0 Å². The first kappa shape index (κ1) is 16.8. The Bertz CT molecular complexity index is 950. The van der Waals surface area contributed by atoms with Gasteiger partial charge in [-0.15, -0.1) is 5.10 Å². The molecule has 0 saturated heterocycles. The van der Waals surface area contributed by atoms with Crippen LogP contribution in [-0.4, -0.2) is 31.7 Å². The molecular weight excluding hydrogens is 327 g/mol. The fraction of sp³-hybridized carbons (Fsp3) is 0.235. The van der Waals surface area contributed by atoms with E-state index in [1.165, 1.54) is 27.3 Å². The Morgan fingerprint density at radius 1 is 1.24 bits per heavy atom. The maximum Gasteiger partial charge on any atom is 0.350 e. The molecule has 0 radical (unpaired) electrons. The van der Waals surface area contributed by atoms with Crippen LogP contribution in [0.5, 0.6) is 0 Å². The standard InChI is InChI=1S/C17H17FN4O3/c18-13-6-2-1-5-12(13)14(23)11-19-16(24)8-10-22-17(25)21-9-4-3-7-15(21)20-22/h1-7,9,14,23H,8,10-11H2,(H,19,24). The van der Waals surface area contributed by atoms with Gasteiger partial charge in [0.25, 0.3) is 0 Å². The van der Waals surface area contributed by atoms with Gasteiger partial charge in [-0.25, -0.2) is 13.9 Å². The van der Waals surface area contributed by atoms with Crippen LogP contribution in [0, 0.1) is 5.82 Å². The summed E-state index contributed by atoms with van der Waals surface area (Å²) in [6.07, 6.45) is 0.489. The molecule has 1 unspecified atom stereocenters. The van der Waals surface area contributed by atoms with E-state index in [2.05, 4.69) is 10.4 Å². The van der Waals surface area contributed by atoms with Gasteiger partial charge in [-0.05, 0) is 18.2 Å². The number of nitrogens with one attached hydrogen (secondary N) is 1. The average Bonchev–Trinajstić information content (AvgIpc) is 2.94. The number of fused-ring (bicyclic) bond motifs is 1. The number of hydrogen-bond acceptors (Lipinski definition) is 4. The molecule has 0 bridgehead atoms.